The molecule has 0 radical (unpaired) electrons. The molecule has 0 aliphatic heterocycles. The molecule has 2 aromatic carbocycles. The Bertz CT molecular complexity index is 837. The Hall–Kier alpha value is -2.38. The minimum Gasteiger partial charge on any atom is -0.465 e. The number of carbonyl (C=O) groups excluding carboxylic acids is 1. The van der Waals surface area contributed by atoms with Gasteiger partial charge in [-0.2, -0.15) is 0 Å². The van der Waals surface area contributed by atoms with Crippen molar-refractivity contribution in [2.24, 2.45) is 0 Å². The van der Waals surface area contributed by atoms with Crippen LogP contribution < -0.4 is 5.32 Å². The van der Waals surface area contributed by atoms with E-state index in [1.807, 2.05) is 36.4 Å². The van der Waals surface area contributed by atoms with E-state index in [1.54, 1.807) is 17.8 Å². The summed E-state index contributed by atoms with van der Waals surface area (Å²) >= 11 is 3.12. The van der Waals surface area contributed by atoms with Gasteiger partial charge in [-0.05, 0) is 23.3 Å². The van der Waals surface area contributed by atoms with Gasteiger partial charge >= 0.3 is 5.97 Å². The summed E-state index contributed by atoms with van der Waals surface area (Å²) in [7, 11) is 1.38. The Morgan fingerprint density at radius 2 is 1.92 bits per heavy atom. The van der Waals surface area contributed by atoms with E-state index in [4.69, 9.17) is 4.74 Å². The van der Waals surface area contributed by atoms with Gasteiger partial charge in [0.15, 0.2) is 4.34 Å². The maximum absolute atomic E-state index is 11.6. The maximum Gasteiger partial charge on any atom is 0.337 e. The van der Waals surface area contributed by atoms with Crippen molar-refractivity contribution < 1.29 is 9.53 Å². The highest BCUT2D eigenvalue weighted by atomic mass is 32.2. The fourth-order valence-electron chi connectivity index (χ4n) is 2.16. The first kappa shape index (κ1) is 17.4. The van der Waals surface area contributed by atoms with Crippen LogP contribution in [-0.2, 0) is 17.0 Å². The van der Waals surface area contributed by atoms with E-state index < -0.39 is 0 Å². The van der Waals surface area contributed by atoms with Crippen LogP contribution in [0, 0.1) is 0 Å². The van der Waals surface area contributed by atoms with Crippen LogP contribution in [0.4, 0.5) is 5.13 Å². The number of hydrogen-bond donors (Lipinski definition) is 1. The van der Waals surface area contributed by atoms with Crippen LogP contribution in [0.5, 0.6) is 0 Å². The van der Waals surface area contributed by atoms with Crippen molar-refractivity contribution in [3.8, 4) is 0 Å². The van der Waals surface area contributed by atoms with Gasteiger partial charge in [-0.15, -0.1) is 10.2 Å². The van der Waals surface area contributed by atoms with E-state index in [9.17, 15) is 4.79 Å². The molecule has 3 rings (SSSR count). The summed E-state index contributed by atoms with van der Waals surface area (Å²) in [6.45, 7) is 0.724. The number of nitrogens with zero attached hydrogens (tertiary/aromatic N) is 2. The van der Waals surface area contributed by atoms with Crippen molar-refractivity contribution in [3.05, 3.63) is 71.3 Å². The summed E-state index contributed by atoms with van der Waals surface area (Å²) in [5, 5.41) is 12.4. The molecule has 1 N–H and O–H groups in total. The highest BCUT2D eigenvalue weighted by Crippen LogP contribution is 2.28. The van der Waals surface area contributed by atoms with E-state index in [-0.39, 0.29) is 5.97 Å². The van der Waals surface area contributed by atoms with Gasteiger partial charge in [-0.1, -0.05) is 65.6 Å². The molecule has 0 aliphatic rings. The third kappa shape index (κ3) is 5.04. The van der Waals surface area contributed by atoms with Crippen LogP contribution in [0.15, 0.2) is 58.9 Å². The van der Waals surface area contributed by atoms with Crippen molar-refractivity contribution in [2.75, 3.05) is 12.4 Å². The average Bonchev–Trinajstić information content (AvgIpc) is 3.13. The zero-order valence-corrected chi connectivity index (χ0v) is 15.3. The standard InChI is InChI=1S/C18H17N3O2S2/c1-23-16(22)15-9-5-8-14(10-15)12-24-18-21-20-17(25-18)19-11-13-6-3-2-4-7-13/h2-10H,11-12H2,1H3,(H,19,20). The van der Waals surface area contributed by atoms with E-state index in [1.165, 1.54) is 24.0 Å². The van der Waals surface area contributed by atoms with Crippen molar-refractivity contribution in [3.63, 3.8) is 0 Å². The van der Waals surface area contributed by atoms with Crippen LogP contribution >= 0.6 is 23.1 Å². The Kier molecular flexibility index (Phi) is 6.03. The molecule has 25 heavy (non-hydrogen) atoms. The molecule has 0 saturated carbocycles. The van der Waals surface area contributed by atoms with E-state index >= 15 is 0 Å². The Balaban J connectivity index is 1.54. The monoisotopic (exact) mass is 371 g/mol. The van der Waals surface area contributed by atoms with Crippen molar-refractivity contribution in [1.82, 2.24) is 10.2 Å². The van der Waals surface area contributed by atoms with Gasteiger partial charge < -0.3 is 10.1 Å². The average molecular weight is 371 g/mol. The van der Waals surface area contributed by atoms with Gasteiger partial charge in [0.25, 0.3) is 0 Å². The van der Waals surface area contributed by atoms with Crippen LogP contribution in [0.2, 0.25) is 0 Å². The van der Waals surface area contributed by atoms with E-state index in [0.29, 0.717) is 5.56 Å². The summed E-state index contributed by atoms with van der Waals surface area (Å²) in [4.78, 5) is 11.6. The number of nitrogens with one attached hydrogen (secondary N) is 1. The van der Waals surface area contributed by atoms with Crippen LogP contribution in [0.25, 0.3) is 0 Å². The molecular weight excluding hydrogens is 354 g/mol. The molecule has 1 heterocycles. The number of hydrogen-bond acceptors (Lipinski definition) is 7. The first-order valence-electron chi connectivity index (χ1n) is 7.66. The predicted octanol–water partition coefficient (Wildman–Crippen LogP) is 4.23. The topological polar surface area (TPSA) is 64.1 Å². The normalized spacial score (nSPS) is 10.4. The zero-order valence-electron chi connectivity index (χ0n) is 13.6. The summed E-state index contributed by atoms with van der Waals surface area (Å²) in [6.07, 6.45) is 0. The molecule has 128 valence electrons. The number of rotatable bonds is 7. The predicted molar refractivity (Wildman–Crippen MR) is 101 cm³/mol. The lowest BCUT2D eigenvalue weighted by Crippen LogP contribution is -2.01. The first-order chi connectivity index (χ1) is 12.2. The van der Waals surface area contributed by atoms with Gasteiger partial charge in [-0.3, -0.25) is 0 Å². The highest BCUT2D eigenvalue weighted by molar-refractivity contribution is 8.00. The van der Waals surface area contributed by atoms with Crippen LogP contribution in [0.1, 0.15) is 21.5 Å². The lowest BCUT2D eigenvalue weighted by molar-refractivity contribution is 0.0600. The van der Waals surface area contributed by atoms with Crippen LogP contribution in [0.3, 0.4) is 0 Å². The molecule has 0 saturated heterocycles. The number of thioether (sulfide) groups is 1. The third-order valence-corrected chi connectivity index (χ3v) is 5.49. The maximum atomic E-state index is 11.6. The van der Waals surface area contributed by atoms with Crippen molar-refractivity contribution in [2.45, 2.75) is 16.6 Å². The molecule has 0 atom stereocenters. The fraction of sp³-hybridized carbons (Fsp3) is 0.167. The lowest BCUT2D eigenvalue weighted by atomic mass is 10.1. The van der Waals surface area contributed by atoms with E-state index in [0.717, 1.165) is 27.3 Å². The van der Waals surface area contributed by atoms with E-state index in [2.05, 4.69) is 27.6 Å². The Morgan fingerprint density at radius 1 is 1.12 bits per heavy atom. The number of benzene rings is 2. The minimum atomic E-state index is -0.324. The summed E-state index contributed by atoms with van der Waals surface area (Å²) in [5.74, 6) is 0.396. The summed E-state index contributed by atoms with van der Waals surface area (Å²) < 4.78 is 5.63. The van der Waals surface area contributed by atoms with Crippen molar-refractivity contribution >= 4 is 34.2 Å². The number of anilines is 1. The molecule has 0 fully saturated rings. The second-order valence-corrected chi connectivity index (χ2v) is 7.39. The molecule has 5 nitrogen and oxygen atoms in total. The molecule has 7 heteroatoms. The number of esters is 1. The quantitative estimate of drug-likeness (QED) is 0.495. The summed E-state index contributed by atoms with van der Waals surface area (Å²) in [6, 6.07) is 17.6. The van der Waals surface area contributed by atoms with Crippen molar-refractivity contribution in [1.29, 1.82) is 0 Å². The largest absolute Gasteiger partial charge is 0.465 e. The highest BCUT2D eigenvalue weighted by Gasteiger charge is 2.08. The number of ether oxygens (including phenoxy) is 1. The lowest BCUT2D eigenvalue weighted by Gasteiger charge is -2.02. The van der Waals surface area contributed by atoms with Gasteiger partial charge in [0, 0.05) is 12.3 Å². The molecule has 0 aliphatic carbocycles. The smallest absolute Gasteiger partial charge is 0.337 e. The number of methoxy groups -OCH3 is 1. The number of aromatic nitrogens is 2. The first-order valence-corrected chi connectivity index (χ1v) is 9.46. The molecule has 0 spiro atoms. The molecule has 0 bridgehead atoms. The summed E-state index contributed by atoms with van der Waals surface area (Å²) in [5.41, 5.74) is 2.80. The zero-order chi connectivity index (χ0) is 17.5. The van der Waals surface area contributed by atoms with Gasteiger partial charge in [0.1, 0.15) is 0 Å². The van der Waals surface area contributed by atoms with Crippen LogP contribution in [-0.4, -0.2) is 23.3 Å². The van der Waals surface area contributed by atoms with Gasteiger partial charge in [0.05, 0.1) is 12.7 Å². The Morgan fingerprint density at radius 3 is 2.72 bits per heavy atom. The fourth-order valence-corrected chi connectivity index (χ4v) is 3.85. The second kappa shape index (κ2) is 8.64. The minimum absolute atomic E-state index is 0.324. The van der Waals surface area contributed by atoms with Gasteiger partial charge in [-0.25, -0.2) is 4.79 Å². The molecule has 3 aromatic rings. The number of carbonyl (C=O) groups is 1. The SMILES string of the molecule is COC(=O)c1cccc(CSc2nnc(NCc3ccccc3)s2)c1. The molecule has 0 unspecified atom stereocenters. The molecular formula is C18H17N3O2S2. The second-order valence-electron chi connectivity index (χ2n) is 5.19. The molecule has 1 aromatic heterocycles. The molecule has 0 amide bonds. The third-order valence-electron chi connectivity index (χ3n) is 3.40. The van der Waals surface area contributed by atoms with Gasteiger partial charge in [0.2, 0.25) is 5.13 Å². The Labute approximate surface area is 154 Å².